The molecule has 1 saturated carbocycles. The average Bonchev–Trinajstić information content (AvgIpc) is 2.39. The van der Waals surface area contributed by atoms with Gasteiger partial charge in [0.25, 0.3) is 0 Å². The molecule has 1 aliphatic rings. The van der Waals surface area contributed by atoms with Crippen LogP contribution in [0.4, 0.5) is 5.82 Å². The van der Waals surface area contributed by atoms with Gasteiger partial charge in [0.15, 0.2) is 0 Å². The monoisotopic (exact) mass is 316 g/mol. The molecule has 1 heterocycles. The maximum atomic E-state index is 6.00. The van der Waals surface area contributed by atoms with Gasteiger partial charge in [-0.05, 0) is 34.8 Å². The van der Waals surface area contributed by atoms with Crippen LogP contribution in [0.15, 0.2) is 16.7 Å². The Morgan fingerprint density at radius 3 is 2.76 bits per heavy atom. The van der Waals surface area contributed by atoms with E-state index in [1.54, 1.807) is 0 Å². The third-order valence-electron chi connectivity index (χ3n) is 3.51. The van der Waals surface area contributed by atoms with Gasteiger partial charge in [-0.3, -0.25) is 0 Å². The summed E-state index contributed by atoms with van der Waals surface area (Å²) in [6.07, 6.45) is 8.45. The lowest BCUT2D eigenvalue weighted by molar-refractivity contribution is 0.425. The van der Waals surface area contributed by atoms with E-state index in [9.17, 15) is 0 Å². The van der Waals surface area contributed by atoms with Crippen LogP contribution in [0.3, 0.4) is 0 Å². The van der Waals surface area contributed by atoms with E-state index in [0.717, 1.165) is 15.9 Å². The van der Waals surface area contributed by atoms with Gasteiger partial charge in [-0.1, -0.05) is 19.3 Å². The van der Waals surface area contributed by atoms with Crippen molar-refractivity contribution in [1.82, 2.24) is 4.98 Å². The first kappa shape index (κ1) is 13.2. The van der Waals surface area contributed by atoms with Gasteiger partial charge in [-0.15, -0.1) is 11.6 Å². The summed E-state index contributed by atoms with van der Waals surface area (Å²) in [5, 5.41) is 0. The number of anilines is 1. The van der Waals surface area contributed by atoms with Gasteiger partial charge in [0.05, 0.1) is 5.88 Å². The lowest BCUT2D eigenvalue weighted by Crippen LogP contribution is -2.34. The molecule has 0 atom stereocenters. The van der Waals surface area contributed by atoms with Gasteiger partial charge < -0.3 is 4.90 Å². The maximum Gasteiger partial charge on any atom is 0.133 e. The van der Waals surface area contributed by atoms with Crippen molar-refractivity contribution in [2.75, 3.05) is 11.9 Å². The minimum Gasteiger partial charge on any atom is -0.356 e. The van der Waals surface area contributed by atoms with Crippen molar-refractivity contribution >= 4 is 33.3 Å². The third-order valence-corrected chi connectivity index (χ3v) is 4.23. The molecule has 2 rings (SSSR count). The fourth-order valence-electron chi connectivity index (χ4n) is 2.53. The van der Waals surface area contributed by atoms with E-state index in [1.807, 2.05) is 6.20 Å². The van der Waals surface area contributed by atoms with Crippen LogP contribution in [-0.4, -0.2) is 18.1 Å². The molecule has 1 aliphatic carbocycles. The second kappa shape index (κ2) is 6.05. The highest BCUT2D eigenvalue weighted by molar-refractivity contribution is 9.10. The van der Waals surface area contributed by atoms with Crippen molar-refractivity contribution < 1.29 is 0 Å². The summed E-state index contributed by atoms with van der Waals surface area (Å²) >= 11 is 9.44. The van der Waals surface area contributed by atoms with Crippen LogP contribution >= 0.6 is 27.5 Å². The highest BCUT2D eigenvalue weighted by Gasteiger charge is 2.20. The highest BCUT2D eigenvalue weighted by Crippen LogP contribution is 2.28. The van der Waals surface area contributed by atoms with E-state index in [2.05, 4.69) is 38.9 Å². The molecule has 0 unspecified atom stereocenters. The lowest BCUT2D eigenvalue weighted by Gasteiger charge is -2.33. The first-order valence-corrected chi connectivity index (χ1v) is 7.48. The van der Waals surface area contributed by atoms with E-state index in [0.29, 0.717) is 11.9 Å². The van der Waals surface area contributed by atoms with Crippen molar-refractivity contribution in [3.05, 3.63) is 22.3 Å². The van der Waals surface area contributed by atoms with Crippen molar-refractivity contribution in [3.63, 3.8) is 0 Å². The predicted octanol–water partition coefficient (Wildman–Crippen LogP) is 4.35. The summed E-state index contributed by atoms with van der Waals surface area (Å²) in [6.45, 7) is 0. The Morgan fingerprint density at radius 2 is 2.12 bits per heavy atom. The molecule has 0 aromatic carbocycles. The number of rotatable bonds is 3. The van der Waals surface area contributed by atoms with Gasteiger partial charge in [0, 0.05) is 29.3 Å². The number of halogens is 2. The SMILES string of the molecule is CN(c1ncc(Br)cc1CCl)C1CCCCC1. The van der Waals surface area contributed by atoms with Crippen molar-refractivity contribution in [2.24, 2.45) is 0 Å². The van der Waals surface area contributed by atoms with E-state index >= 15 is 0 Å². The number of nitrogens with zero attached hydrogens (tertiary/aromatic N) is 2. The number of hydrogen-bond acceptors (Lipinski definition) is 2. The number of aromatic nitrogens is 1. The Kier molecular flexibility index (Phi) is 4.69. The molecular formula is C13H18BrClN2. The Bertz CT molecular complexity index is 378. The quantitative estimate of drug-likeness (QED) is 0.770. The predicted molar refractivity (Wildman–Crippen MR) is 76.8 cm³/mol. The van der Waals surface area contributed by atoms with E-state index in [4.69, 9.17) is 11.6 Å². The second-order valence-electron chi connectivity index (χ2n) is 4.67. The normalized spacial score (nSPS) is 17.1. The molecule has 4 heteroatoms. The topological polar surface area (TPSA) is 16.1 Å². The van der Waals surface area contributed by atoms with Gasteiger partial charge in [-0.25, -0.2) is 4.98 Å². The van der Waals surface area contributed by atoms with Gasteiger partial charge in [0.2, 0.25) is 0 Å². The van der Waals surface area contributed by atoms with Crippen molar-refractivity contribution in [1.29, 1.82) is 0 Å². The van der Waals surface area contributed by atoms with Crippen molar-refractivity contribution in [3.8, 4) is 0 Å². The Labute approximate surface area is 116 Å². The summed E-state index contributed by atoms with van der Waals surface area (Å²) < 4.78 is 0.994. The van der Waals surface area contributed by atoms with E-state index in [-0.39, 0.29) is 0 Å². The molecule has 17 heavy (non-hydrogen) atoms. The van der Waals surface area contributed by atoms with E-state index in [1.165, 1.54) is 32.1 Å². The van der Waals surface area contributed by atoms with E-state index < -0.39 is 0 Å². The third kappa shape index (κ3) is 3.14. The molecule has 0 aliphatic heterocycles. The molecule has 0 N–H and O–H groups in total. The van der Waals surface area contributed by atoms with Crippen LogP contribution < -0.4 is 4.90 Å². The number of hydrogen-bond donors (Lipinski definition) is 0. The molecule has 0 amide bonds. The molecule has 0 saturated heterocycles. The molecule has 94 valence electrons. The lowest BCUT2D eigenvalue weighted by atomic mass is 9.94. The summed E-state index contributed by atoms with van der Waals surface area (Å²) in [4.78, 5) is 6.83. The number of pyridine rings is 1. The molecule has 1 aromatic heterocycles. The summed E-state index contributed by atoms with van der Waals surface area (Å²) in [6, 6.07) is 2.69. The second-order valence-corrected chi connectivity index (χ2v) is 5.86. The first-order chi connectivity index (χ1) is 8.22. The zero-order valence-corrected chi connectivity index (χ0v) is 12.5. The highest BCUT2D eigenvalue weighted by atomic mass is 79.9. The van der Waals surface area contributed by atoms with Crippen molar-refractivity contribution in [2.45, 2.75) is 44.0 Å². The van der Waals surface area contributed by atoms with Crippen LogP contribution in [-0.2, 0) is 5.88 Å². The van der Waals surface area contributed by atoms with Crippen LogP contribution in [0.5, 0.6) is 0 Å². The molecule has 0 spiro atoms. The Balaban J connectivity index is 2.19. The van der Waals surface area contributed by atoms with Crippen LogP contribution in [0.25, 0.3) is 0 Å². The fraction of sp³-hybridized carbons (Fsp3) is 0.615. The minimum absolute atomic E-state index is 0.513. The number of alkyl halides is 1. The molecule has 0 bridgehead atoms. The maximum absolute atomic E-state index is 6.00. The molecule has 1 fully saturated rings. The zero-order chi connectivity index (χ0) is 12.3. The Morgan fingerprint density at radius 1 is 1.41 bits per heavy atom. The summed E-state index contributed by atoms with van der Waals surface area (Å²) in [7, 11) is 2.14. The standard InChI is InChI=1S/C13H18BrClN2/c1-17(12-5-3-2-4-6-12)13-10(8-15)7-11(14)9-16-13/h7,9,12H,2-6,8H2,1H3. The first-order valence-electron chi connectivity index (χ1n) is 6.15. The van der Waals surface area contributed by atoms with Crippen LogP contribution in [0.1, 0.15) is 37.7 Å². The van der Waals surface area contributed by atoms with Crippen LogP contribution in [0.2, 0.25) is 0 Å². The molecular weight excluding hydrogens is 300 g/mol. The largest absolute Gasteiger partial charge is 0.356 e. The summed E-state index contributed by atoms with van der Waals surface area (Å²) in [5.74, 6) is 1.55. The van der Waals surface area contributed by atoms with Crippen LogP contribution in [0, 0.1) is 0 Å². The smallest absolute Gasteiger partial charge is 0.133 e. The van der Waals surface area contributed by atoms with Gasteiger partial charge >= 0.3 is 0 Å². The molecule has 1 aromatic rings. The molecule has 2 nitrogen and oxygen atoms in total. The zero-order valence-electron chi connectivity index (χ0n) is 10.1. The Hall–Kier alpha value is -0.280. The average molecular weight is 318 g/mol. The summed E-state index contributed by atoms with van der Waals surface area (Å²) in [5.41, 5.74) is 1.11. The van der Waals surface area contributed by atoms with Gasteiger partial charge in [0.1, 0.15) is 5.82 Å². The fourth-order valence-corrected chi connectivity index (χ4v) is 3.11. The molecule has 0 radical (unpaired) electrons. The van der Waals surface area contributed by atoms with Gasteiger partial charge in [-0.2, -0.15) is 0 Å². The minimum atomic E-state index is 0.513.